The Bertz CT molecular complexity index is 231. The van der Waals surface area contributed by atoms with Crippen LogP contribution in [0, 0.1) is 6.92 Å². The van der Waals surface area contributed by atoms with E-state index in [1.54, 1.807) is 12.1 Å². The summed E-state index contributed by atoms with van der Waals surface area (Å²) in [5, 5.41) is 8.41. The number of hydrogen-bond acceptors (Lipinski definition) is 2. The zero-order valence-electron chi connectivity index (χ0n) is 5.63. The number of hydrogen-bond donors (Lipinski definition) is 1. The Morgan fingerprint density at radius 2 is 2.20 bits per heavy atom. The average Bonchev–Trinajstić information content (AvgIpc) is 2.14. The first-order valence-corrected chi connectivity index (χ1v) is 3.31. The van der Waals surface area contributed by atoms with Crippen LogP contribution in [-0.2, 0) is 19.5 Å². The number of carboxylic acids is 1. The fourth-order valence-electron chi connectivity index (χ4n) is 0.549. The Morgan fingerprint density at radius 3 is 2.40 bits per heavy atom. The monoisotopic (exact) mass is 206 g/mol. The van der Waals surface area contributed by atoms with Crippen LogP contribution in [0.4, 0.5) is 0 Å². The number of carboxylic acid groups (broad SMARTS) is 1. The molecule has 1 rings (SSSR count). The fourth-order valence-corrected chi connectivity index (χ4v) is 1.26. The van der Waals surface area contributed by atoms with E-state index in [-0.39, 0.29) is 19.5 Å². The van der Waals surface area contributed by atoms with Crippen LogP contribution in [0.15, 0.2) is 12.1 Å². The molecule has 0 fully saturated rings. The maximum Gasteiger partial charge on any atom is 0.345 e. The molecule has 0 aliphatic rings. The van der Waals surface area contributed by atoms with Crippen molar-refractivity contribution < 1.29 is 29.4 Å². The van der Waals surface area contributed by atoms with E-state index in [0.717, 1.165) is 4.88 Å². The SMILES string of the molecule is Cc1ccc(C(=O)O)s1.[Zn]. The summed E-state index contributed by atoms with van der Waals surface area (Å²) in [5.41, 5.74) is 0. The molecule has 1 heterocycles. The van der Waals surface area contributed by atoms with Gasteiger partial charge in [-0.2, -0.15) is 0 Å². The topological polar surface area (TPSA) is 37.3 Å². The summed E-state index contributed by atoms with van der Waals surface area (Å²) in [6, 6.07) is 3.41. The summed E-state index contributed by atoms with van der Waals surface area (Å²) in [6.45, 7) is 1.89. The molecule has 0 saturated heterocycles. The fraction of sp³-hybridized carbons (Fsp3) is 0.167. The van der Waals surface area contributed by atoms with Crippen LogP contribution in [0.5, 0.6) is 0 Å². The van der Waals surface area contributed by atoms with Crippen molar-refractivity contribution in [3.63, 3.8) is 0 Å². The van der Waals surface area contributed by atoms with Gasteiger partial charge in [0.05, 0.1) is 0 Å². The van der Waals surface area contributed by atoms with Crippen molar-refractivity contribution in [2.45, 2.75) is 6.92 Å². The minimum atomic E-state index is -0.840. The smallest absolute Gasteiger partial charge is 0.345 e. The van der Waals surface area contributed by atoms with E-state index >= 15 is 0 Å². The van der Waals surface area contributed by atoms with Crippen molar-refractivity contribution in [2.24, 2.45) is 0 Å². The van der Waals surface area contributed by atoms with Crippen molar-refractivity contribution in [1.82, 2.24) is 0 Å². The first-order chi connectivity index (χ1) is 4.20. The summed E-state index contributed by atoms with van der Waals surface area (Å²) < 4.78 is 0. The van der Waals surface area contributed by atoms with E-state index in [1.807, 2.05) is 6.92 Å². The van der Waals surface area contributed by atoms with Gasteiger partial charge in [0.25, 0.3) is 0 Å². The molecule has 2 nitrogen and oxygen atoms in total. The van der Waals surface area contributed by atoms with E-state index in [0.29, 0.717) is 4.88 Å². The van der Waals surface area contributed by atoms with Crippen LogP contribution in [0.2, 0.25) is 0 Å². The van der Waals surface area contributed by atoms with Crippen molar-refractivity contribution in [3.8, 4) is 0 Å². The number of rotatable bonds is 1. The predicted octanol–water partition coefficient (Wildman–Crippen LogP) is 1.75. The van der Waals surface area contributed by atoms with Gasteiger partial charge in [0, 0.05) is 24.4 Å². The van der Waals surface area contributed by atoms with E-state index in [9.17, 15) is 4.79 Å². The third-order valence-corrected chi connectivity index (χ3v) is 1.94. The van der Waals surface area contributed by atoms with Crippen molar-refractivity contribution >= 4 is 17.3 Å². The van der Waals surface area contributed by atoms with Gasteiger partial charge in [-0.15, -0.1) is 11.3 Å². The molecule has 0 radical (unpaired) electrons. The van der Waals surface area contributed by atoms with Gasteiger partial charge in [-0.05, 0) is 19.1 Å². The molecule has 0 amide bonds. The molecule has 4 heteroatoms. The summed E-state index contributed by atoms with van der Waals surface area (Å²) in [5.74, 6) is -0.840. The van der Waals surface area contributed by atoms with Gasteiger partial charge in [-0.25, -0.2) is 4.79 Å². The van der Waals surface area contributed by atoms with Gasteiger partial charge in [-0.1, -0.05) is 0 Å². The number of thiophene rings is 1. The Balaban J connectivity index is 0.000000810. The average molecular weight is 208 g/mol. The maximum atomic E-state index is 10.2. The summed E-state index contributed by atoms with van der Waals surface area (Å²) in [7, 11) is 0. The first kappa shape index (κ1) is 9.79. The largest absolute Gasteiger partial charge is 0.477 e. The van der Waals surface area contributed by atoms with Crippen LogP contribution in [0.3, 0.4) is 0 Å². The molecule has 50 valence electrons. The van der Waals surface area contributed by atoms with Gasteiger partial charge >= 0.3 is 5.97 Å². The van der Waals surface area contributed by atoms with Gasteiger partial charge in [0.15, 0.2) is 0 Å². The second kappa shape index (κ2) is 3.84. The third kappa shape index (κ3) is 2.20. The zero-order chi connectivity index (χ0) is 6.85. The van der Waals surface area contributed by atoms with Crippen LogP contribution in [0.1, 0.15) is 14.5 Å². The Morgan fingerprint density at radius 1 is 1.60 bits per heavy atom. The summed E-state index contributed by atoms with van der Waals surface area (Å²) >= 11 is 1.30. The Kier molecular flexibility index (Phi) is 3.76. The summed E-state index contributed by atoms with van der Waals surface area (Å²) in [6.07, 6.45) is 0. The second-order valence-electron chi connectivity index (χ2n) is 1.72. The van der Waals surface area contributed by atoms with E-state index in [2.05, 4.69) is 0 Å². The maximum absolute atomic E-state index is 10.2. The standard InChI is InChI=1S/C6H6O2S.Zn/c1-4-2-3-5(9-4)6(7)8;/h2-3H,1H3,(H,7,8);. The van der Waals surface area contributed by atoms with Crippen molar-refractivity contribution in [3.05, 3.63) is 21.9 Å². The number of aromatic carboxylic acids is 1. The summed E-state index contributed by atoms with van der Waals surface area (Å²) in [4.78, 5) is 11.7. The second-order valence-corrected chi connectivity index (χ2v) is 3.00. The van der Waals surface area contributed by atoms with Crippen LogP contribution in [0.25, 0.3) is 0 Å². The van der Waals surface area contributed by atoms with Gasteiger partial charge in [0.2, 0.25) is 0 Å². The normalized spacial score (nSPS) is 8.50. The van der Waals surface area contributed by atoms with Gasteiger partial charge in [-0.3, -0.25) is 0 Å². The number of carbonyl (C=O) groups is 1. The molecule has 1 N–H and O–H groups in total. The molecule has 0 aliphatic carbocycles. The number of aryl methyl sites for hydroxylation is 1. The molecule has 1 aromatic rings. The van der Waals surface area contributed by atoms with E-state index < -0.39 is 5.97 Å². The van der Waals surface area contributed by atoms with Crippen LogP contribution >= 0.6 is 11.3 Å². The minimum Gasteiger partial charge on any atom is -0.477 e. The van der Waals surface area contributed by atoms with Crippen molar-refractivity contribution in [1.29, 1.82) is 0 Å². The Labute approximate surface area is 75.6 Å². The predicted molar refractivity (Wildman–Crippen MR) is 36.0 cm³/mol. The van der Waals surface area contributed by atoms with Crippen LogP contribution < -0.4 is 0 Å². The molecule has 0 atom stereocenters. The van der Waals surface area contributed by atoms with Crippen LogP contribution in [-0.4, -0.2) is 11.1 Å². The minimum absolute atomic E-state index is 0. The molecule has 0 aliphatic heterocycles. The van der Waals surface area contributed by atoms with E-state index in [1.165, 1.54) is 11.3 Å². The molecular weight excluding hydrogens is 202 g/mol. The van der Waals surface area contributed by atoms with Gasteiger partial charge in [0.1, 0.15) is 4.88 Å². The third-order valence-electron chi connectivity index (χ3n) is 0.951. The molecule has 0 saturated carbocycles. The van der Waals surface area contributed by atoms with Gasteiger partial charge < -0.3 is 5.11 Å². The molecule has 0 unspecified atom stereocenters. The zero-order valence-corrected chi connectivity index (χ0v) is 9.41. The quantitative estimate of drug-likeness (QED) is 0.713. The molecule has 0 spiro atoms. The molecule has 1 aromatic heterocycles. The molecule has 0 bridgehead atoms. The first-order valence-electron chi connectivity index (χ1n) is 2.50. The Hall–Kier alpha value is -0.207. The van der Waals surface area contributed by atoms with E-state index in [4.69, 9.17) is 5.11 Å². The molecule has 0 aromatic carbocycles. The van der Waals surface area contributed by atoms with Crippen molar-refractivity contribution in [2.75, 3.05) is 0 Å². The molecule has 10 heavy (non-hydrogen) atoms. The molecular formula is C6H6O2SZn.